The fraction of sp³-hybridized carbons (Fsp3) is 0.385. The molecule has 0 bridgehead atoms. The third kappa shape index (κ3) is 1.74. The van der Waals surface area contributed by atoms with Gasteiger partial charge in [-0.3, -0.25) is 0 Å². The molecule has 1 N–H and O–H groups in total. The van der Waals surface area contributed by atoms with Crippen molar-refractivity contribution in [2.45, 2.75) is 26.4 Å². The van der Waals surface area contributed by atoms with E-state index in [4.69, 9.17) is 0 Å². The molecule has 1 aromatic heterocycles. The highest BCUT2D eigenvalue weighted by Gasteiger charge is 2.20. The average molecular weight is 255 g/mol. The highest BCUT2D eigenvalue weighted by Crippen LogP contribution is 2.29. The molecule has 1 atom stereocenters. The van der Waals surface area contributed by atoms with Crippen LogP contribution < -0.4 is 5.32 Å². The monoisotopic (exact) mass is 254 g/mol. The van der Waals surface area contributed by atoms with Crippen LogP contribution in [0, 0.1) is 12.7 Å². The van der Waals surface area contributed by atoms with Crippen LogP contribution in [0.15, 0.2) is 18.2 Å². The Balaban J connectivity index is 0.00000108. The number of benzene rings is 1. The zero-order valence-corrected chi connectivity index (χ0v) is 10.8. The highest BCUT2D eigenvalue weighted by atomic mass is 35.5. The Bertz CT molecular complexity index is 562. The number of fused-ring (bicyclic) bond motifs is 3. The summed E-state index contributed by atoms with van der Waals surface area (Å²) in [7, 11) is 0. The minimum atomic E-state index is -0.0718. The molecule has 2 heterocycles. The molecule has 3 rings (SSSR count). The van der Waals surface area contributed by atoms with Crippen LogP contribution in [-0.2, 0) is 6.54 Å². The van der Waals surface area contributed by atoms with Gasteiger partial charge in [0.05, 0.1) is 5.52 Å². The maximum atomic E-state index is 14.2. The number of hydrogen-bond donors (Lipinski definition) is 1. The topological polar surface area (TPSA) is 17.0 Å². The fourth-order valence-electron chi connectivity index (χ4n) is 2.57. The van der Waals surface area contributed by atoms with Crippen LogP contribution >= 0.6 is 12.4 Å². The van der Waals surface area contributed by atoms with Crippen molar-refractivity contribution in [1.82, 2.24) is 9.88 Å². The van der Waals surface area contributed by atoms with Crippen molar-refractivity contribution in [3.63, 3.8) is 0 Å². The Kier molecular flexibility index (Phi) is 3.15. The van der Waals surface area contributed by atoms with Crippen molar-refractivity contribution in [3.8, 4) is 0 Å². The van der Waals surface area contributed by atoms with Gasteiger partial charge in [-0.05, 0) is 25.5 Å². The smallest absolute Gasteiger partial charge is 0.150 e. The lowest BCUT2D eigenvalue weighted by Gasteiger charge is -2.25. The zero-order chi connectivity index (χ0) is 11.3. The summed E-state index contributed by atoms with van der Waals surface area (Å²) < 4.78 is 16.3. The third-order valence-electron chi connectivity index (χ3n) is 3.40. The number of hydrogen-bond acceptors (Lipinski definition) is 1. The molecule has 1 aromatic carbocycles. The van der Waals surface area contributed by atoms with Crippen LogP contribution in [0.25, 0.3) is 10.9 Å². The SMILES string of the molecule is Cc1ccc2cc3n(c2c1F)C(C)CNC3.Cl. The lowest BCUT2D eigenvalue weighted by molar-refractivity contribution is 0.435. The molecule has 1 aliphatic rings. The molecule has 4 heteroatoms. The van der Waals surface area contributed by atoms with Gasteiger partial charge in [-0.2, -0.15) is 0 Å². The number of nitrogens with zero attached hydrogens (tertiary/aromatic N) is 1. The molecule has 92 valence electrons. The van der Waals surface area contributed by atoms with Crippen molar-refractivity contribution in [3.05, 3.63) is 35.3 Å². The van der Waals surface area contributed by atoms with E-state index in [1.807, 2.05) is 19.1 Å². The number of aromatic nitrogens is 1. The van der Waals surface area contributed by atoms with E-state index < -0.39 is 0 Å². The summed E-state index contributed by atoms with van der Waals surface area (Å²) in [5, 5.41) is 4.35. The van der Waals surface area contributed by atoms with Gasteiger partial charge in [-0.25, -0.2) is 4.39 Å². The summed E-state index contributed by atoms with van der Waals surface area (Å²) >= 11 is 0. The summed E-state index contributed by atoms with van der Waals surface area (Å²) in [6, 6.07) is 6.26. The van der Waals surface area contributed by atoms with E-state index >= 15 is 0 Å². The highest BCUT2D eigenvalue weighted by molar-refractivity contribution is 5.85. The fourth-order valence-corrected chi connectivity index (χ4v) is 2.57. The molecule has 0 saturated carbocycles. The summed E-state index contributed by atoms with van der Waals surface area (Å²) in [4.78, 5) is 0. The van der Waals surface area contributed by atoms with Gasteiger partial charge < -0.3 is 9.88 Å². The van der Waals surface area contributed by atoms with Crippen molar-refractivity contribution < 1.29 is 4.39 Å². The Morgan fingerprint density at radius 3 is 2.94 bits per heavy atom. The Morgan fingerprint density at radius 2 is 2.18 bits per heavy atom. The summed E-state index contributed by atoms with van der Waals surface area (Å²) in [5.41, 5.74) is 2.67. The van der Waals surface area contributed by atoms with E-state index in [9.17, 15) is 4.39 Å². The first-order valence-electron chi connectivity index (χ1n) is 5.68. The number of aryl methyl sites for hydroxylation is 1. The van der Waals surface area contributed by atoms with Gasteiger partial charge in [0.1, 0.15) is 5.82 Å². The molecular formula is C13H16ClFN2. The Labute approximate surface area is 106 Å². The van der Waals surface area contributed by atoms with Crippen molar-refractivity contribution in [2.24, 2.45) is 0 Å². The predicted molar refractivity (Wildman–Crippen MR) is 70.3 cm³/mol. The minimum Gasteiger partial charge on any atom is -0.337 e. The molecule has 0 saturated heterocycles. The van der Waals surface area contributed by atoms with Gasteiger partial charge in [0.15, 0.2) is 0 Å². The van der Waals surface area contributed by atoms with Crippen LogP contribution in [0.3, 0.4) is 0 Å². The molecule has 0 radical (unpaired) electrons. The minimum absolute atomic E-state index is 0. The molecule has 0 aliphatic carbocycles. The summed E-state index contributed by atoms with van der Waals surface area (Å²) in [6.07, 6.45) is 0. The van der Waals surface area contributed by atoms with Gasteiger partial charge in [0.25, 0.3) is 0 Å². The van der Waals surface area contributed by atoms with E-state index in [0.29, 0.717) is 6.04 Å². The number of nitrogens with one attached hydrogen (secondary N) is 1. The molecule has 17 heavy (non-hydrogen) atoms. The van der Waals surface area contributed by atoms with E-state index in [1.165, 1.54) is 5.69 Å². The number of halogens is 2. The molecule has 1 unspecified atom stereocenters. The second-order valence-electron chi connectivity index (χ2n) is 4.62. The van der Waals surface area contributed by atoms with E-state index in [0.717, 1.165) is 29.6 Å². The van der Waals surface area contributed by atoms with E-state index in [2.05, 4.69) is 22.9 Å². The van der Waals surface area contributed by atoms with Crippen molar-refractivity contribution in [1.29, 1.82) is 0 Å². The quantitative estimate of drug-likeness (QED) is 0.764. The average Bonchev–Trinajstić information content (AvgIpc) is 2.64. The Morgan fingerprint density at radius 1 is 1.41 bits per heavy atom. The van der Waals surface area contributed by atoms with Crippen LogP contribution in [0.5, 0.6) is 0 Å². The van der Waals surface area contributed by atoms with Crippen LogP contribution in [-0.4, -0.2) is 11.1 Å². The molecule has 0 fully saturated rings. The normalized spacial score (nSPS) is 18.9. The zero-order valence-electron chi connectivity index (χ0n) is 9.96. The van der Waals surface area contributed by atoms with E-state index in [1.54, 1.807) is 0 Å². The first kappa shape index (κ1) is 12.4. The van der Waals surface area contributed by atoms with Gasteiger partial charge >= 0.3 is 0 Å². The van der Waals surface area contributed by atoms with Gasteiger partial charge in [0, 0.05) is 30.2 Å². The standard InChI is InChI=1S/C13H15FN2.ClH/c1-8-3-4-10-5-11-7-15-6-9(2)16(11)13(10)12(8)14;/h3-5,9,15H,6-7H2,1-2H3;1H. The maximum absolute atomic E-state index is 14.2. The second-order valence-corrected chi connectivity index (χ2v) is 4.62. The van der Waals surface area contributed by atoms with Crippen LogP contribution in [0.1, 0.15) is 24.2 Å². The Hall–Kier alpha value is -1.06. The molecule has 0 amide bonds. The van der Waals surface area contributed by atoms with Gasteiger partial charge in [-0.15, -0.1) is 12.4 Å². The predicted octanol–water partition coefficient (Wildman–Crippen LogP) is 3.17. The van der Waals surface area contributed by atoms with Gasteiger partial charge in [-0.1, -0.05) is 12.1 Å². The first-order chi connectivity index (χ1) is 7.68. The lowest BCUT2D eigenvalue weighted by Crippen LogP contribution is -2.31. The third-order valence-corrected chi connectivity index (χ3v) is 3.40. The summed E-state index contributed by atoms with van der Waals surface area (Å²) in [6.45, 7) is 5.68. The van der Waals surface area contributed by atoms with Crippen LogP contribution in [0.2, 0.25) is 0 Å². The first-order valence-corrected chi connectivity index (χ1v) is 5.68. The molecule has 0 spiro atoms. The maximum Gasteiger partial charge on any atom is 0.150 e. The lowest BCUT2D eigenvalue weighted by atomic mass is 10.1. The molecule has 1 aliphatic heterocycles. The van der Waals surface area contributed by atoms with E-state index in [-0.39, 0.29) is 18.2 Å². The molecule has 2 nitrogen and oxygen atoms in total. The summed E-state index contributed by atoms with van der Waals surface area (Å²) in [5.74, 6) is -0.0718. The largest absolute Gasteiger partial charge is 0.337 e. The van der Waals surface area contributed by atoms with Crippen LogP contribution in [0.4, 0.5) is 4.39 Å². The van der Waals surface area contributed by atoms with Crippen molar-refractivity contribution >= 4 is 23.3 Å². The molecular weight excluding hydrogens is 239 g/mol. The van der Waals surface area contributed by atoms with Crippen molar-refractivity contribution in [2.75, 3.05) is 6.54 Å². The second kappa shape index (κ2) is 4.31. The number of rotatable bonds is 0. The van der Waals surface area contributed by atoms with Gasteiger partial charge in [0.2, 0.25) is 0 Å². The molecule has 2 aromatic rings.